The van der Waals surface area contributed by atoms with Gasteiger partial charge in [0, 0.05) is 30.7 Å². The molecule has 0 unspecified atom stereocenters. The molecule has 0 aromatic heterocycles. The van der Waals surface area contributed by atoms with Crippen molar-refractivity contribution in [2.45, 2.75) is 38.3 Å². The summed E-state index contributed by atoms with van der Waals surface area (Å²) in [4.78, 5) is 2.34. The second-order valence-electron chi connectivity index (χ2n) is 6.49. The minimum absolute atomic E-state index is 0.108. The third-order valence-corrected chi connectivity index (χ3v) is 6.48. The highest BCUT2D eigenvalue weighted by molar-refractivity contribution is 7.87. The zero-order valence-corrected chi connectivity index (χ0v) is 16.3. The van der Waals surface area contributed by atoms with Crippen LogP contribution in [0.1, 0.15) is 31.2 Å². The molecule has 0 bridgehead atoms. The smallest absolute Gasteiger partial charge is 0.279 e. The van der Waals surface area contributed by atoms with Gasteiger partial charge in [-0.25, -0.2) is 0 Å². The average molecular weight is 390 g/mol. The number of hydrogen-bond acceptors (Lipinski definition) is 4. The maximum Gasteiger partial charge on any atom is 0.279 e. The number of nitrogens with one attached hydrogen (secondary N) is 1. The van der Waals surface area contributed by atoms with Crippen LogP contribution in [-0.4, -0.2) is 62.1 Å². The highest BCUT2D eigenvalue weighted by Gasteiger charge is 2.23. The van der Waals surface area contributed by atoms with E-state index >= 15 is 0 Å². The molecule has 1 aliphatic rings. The summed E-state index contributed by atoms with van der Waals surface area (Å²) in [5.74, 6) is 0. The molecule has 0 aliphatic carbocycles. The fourth-order valence-electron chi connectivity index (χ4n) is 3.18. The Morgan fingerprint density at radius 1 is 1.32 bits per heavy atom. The Morgan fingerprint density at radius 3 is 2.64 bits per heavy atom. The van der Waals surface area contributed by atoms with E-state index in [2.05, 4.69) is 16.7 Å². The summed E-state index contributed by atoms with van der Waals surface area (Å²) in [5, 5.41) is 9.83. The molecule has 1 aliphatic heterocycles. The molecule has 1 aromatic rings. The minimum Gasteiger partial charge on any atom is -0.395 e. The Labute approximate surface area is 156 Å². The van der Waals surface area contributed by atoms with Crippen LogP contribution in [0.3, 0.4) is 0 Å². The number of benzene rings is 1. The lowest BCUT2D eigenvalue weighted by atomic mass is 10.1. The van der Waals surface area contributed by atoms with Gasteiger partial charge in [0.2, 0.25) is 0 Å². The minimum atomic E-state index is -3.63. The molecular formula is C17H28ClN3O3S. The lowest BCUT2D eigenvalue weighted by molar-refractivity contribution is 0.242. The summed E-state index contributed by atoms with van der Waals surface area (Å²) in [6.07, 6.45) is 4.16. The lowest BCUT2D eigenvalue weighted by Crippen LogP contribution is -2.42. The number of nitrogens with zero attached hydrogens (tertiary/aromatic N) is 2. The molecule has 1 fully saturated rings. The van der Waals surface area contributed by atoms with Crippen molar-refractivity contribution in [3.8, 4) is 0 Å². The summed E-state index contributed by atoms with van der Waals surface area (Å²) in [6.45, 7) is 1.65. The van der Waals surface area contributed by atoms with Gasteiger partial charge in [-0.2, -0.15) is 17.4 Å². The zero-order valence-electron chi connectivity index (χ0n) is 14.7. The van der Waals surface area contributed by atoms with Gasteiger partial charge >= 0.3 is 0 Å². The molecule has 2 N–H and O–H groups in total. The molecule has 0 radical (unpaired) electrons. The van der Waals surface area contributed by atoms with E-state index in [0.717, 1.165) is 24.9 Å². The molecule has 1 aromatic carbocycles. The molecule has 8 heteroatoms. The van der Waals surface area contributed by atoms with E-state index in [1.807, 2.05) is 0 Å². The van der Waals surface area contributed by atoms with Crippen LogP contribution >= 0.6 is 11.6 Å². The van der Waals surface area contributed by atoms with Crippen molar-refractivity contribution in [3.63, 3.8) is 0 Å². The quantitative estimate of drug-likeness (QED) is 0.640. The van der Waals surface area contributed by atoms with Crippen LogP contribution in [0.25, 0.3) is 0 Å². The van der Waals surface area contributed by atoms with Crippen molar-refractivity contribution in [1.29, 1.82) is 0 Å². The molecule has 0 spiro atoms. The number of rotatable bonds is 10. The second kappa shape index (κ2) is 9.85. The maximum absolute atomic E-state index is 12.5. The van der Waals surface area contributed by atoms with Gasteiger partial charge in [-0.05, 0) is 57.0 Å². The molecule has 2 rings (SSSR count). The molecule has 1 atom stereocenters. The van der Waals surface area contributed by atoms with Gasteiger partial charge < -0.3 is 10.0 Å². The molecular weight excluding hydrogens is 362 g/mol. The zero-order chi connectivity index (χ0) is 18.3. The molecule has 142 valence electrons. The fraction of sp³-hybridized carbons (Fsp3) is 0.647. The molecule has 25 heavy (non-hydrogen) atoms. The second-order valence-corrected chi connectivity index (χ2v) is 8.69. The third kappa shape index (κ3) is 6.51. The Hall–Kier alpha value is -0.700. The first kappa shape index (κ1) is 20.6. The Balaban J connectivity index is 1.86. The third-order valence-electron chi connectivity index (χ3n) is 4.68. The number of halogens is 1. The van der Waals surface area contributed by atoms with Crippen molar-refractivity contribution in [2.24, 2.45) is 0 Å². The van der Waals surface area contributed by atoms with E-state index in [0.29, 0.717) is 17.6 Å². The van der Waals surface area contributed by atoms with Gasteiger partial charge in [-0.1, -0.05) is 23.7 Å². The van der Waals surface area contributed by atoms with Crippen LogP contribution in [-0.2, 0) is 16.8 Å². The van der Waals surface area contributed by atoms with Gasteiger partial charge in [-0.3, -0.25) is 0 Å². The van der Waals surface area contributed by atoms with Gasteiger partial charge in [0.1, 0.15) is 0 Å². The standard InChI is InChI=1S/C17H28ClN3O3S/c1-20-10-2-4-17(20)5-3-11-21(12-13-22)25(23,24)19-14-15-6-8-16(18)9-7-15/h6-9,17,19,22H,2-5,10-14H2,1H3/t17-/m0/s1. The van der Waals surface area contributed by atoms with Crippen LogP contribution in [0, 0.1) is 0 Å². The van der Waals surface area contributed by atoms with E-state index in [1.165, 1.54) is 17.1 Å². The summed E-state index contributed by atoms with van der Waals surface area (Å²) in [6, 6.07) is 7.58. The van der Waals surface area contributed by atoms with Gasteiger partial charge in [0.25, 0.3) is 10.2 Å². The van der Waals surface area contributed by atoms with E-state index < -0.39 is 10.2 Å². The monoisotopic (exact) mass is 389 g/mol. The van der Waals surface area contributed by atoms with Gasteiger partial charge in [0.15, 0.2) is 0 Å². The Kier molecular flexibility index (Phi) is 8.12. The predicted octanol–water partition coefficient (Wildman–Crippen LogP) is 1.84. The SMILES string of the molecule is CN1CCC[C@H]1CCCN(CCO)S(=O)(=O)NCc1ccc(Cl)cc1. The first-order chi connectivity index (χ1) is 11.9. The lowest BCUT2D eigenvalue weighted by Gasteiger charge is -2.24. The number of aliphatic hydroxyl groups excluding tert-OH is 1. The summed E-state index contributed by atoms with van der Waals surface area (Å²) < 4.78 is 29.0. The normalized spacial score (nSPS) is 19.0. The van der Waals surface area contributed by atoms with E-state index in [-0.39, 0.29) is 19.7 Å². The van der Waals surface area contributed by atoms with Crippen molar-refractivity contribution in [3.05, 3.63) is 34.9 Å². The number of likely N-dealkylation sites (tertiary alicyclic amines) is 1. The largest absolute Gasteiger partial charge is 0.395 e. The summed E-state index contributed by atoms with van der Waals surface area (Å²) >= 11 is 5.84. The van der Waals surface area contributed by atoms with Gasteiger partial charge in [0.05, 0.1) is 6.61 Å². The molecule has 1 saturated heterocycles. The van der Waals surface area contributed by atoms with Crippen LogP contribution in [0.2, 0.25) is 5.02 Å². The van der Waals surface area contributed by atoms with Crippen molar-refractivity contribution in [2.75, 3.05) is 33.3 Å². The number of aliphatic hydroxyl groups is 1. The van der Waals surface area contributed by atoms with E-state index in [4.69, 9.17) is 11.6 Å². The highest BCUT2D eigenvalue weighted by Crippen LogP contribution is 2.19. The molecule has 0 saturated carbocycles. The predicted molar refractivity (Wildman–Crippen MR) is 101 cm³/mol. The maximum atomic E-state index is 12.5. The Bertz CT molecular complexity index is 625. The summed E-state index contributed by atoms with van der Waals surface area (Å²) in [7, 11) is -1.51. The molecule has 0 amide bonds. The van der Waals surface area contributed by atoms with Crippen LogP contribution in [0.15, 0.2) is 24.3 Å². The van der Waals surface area contributed by atoms with Crippen LogP contribution in [0.4, 0.5) is 0 Å². The molecule has 1 heterocycles. The Morgan fingerprint density at radius 2 is 2.04 bits per heavy atom. The van der Waals surface area contributed by atoms with Crippen molar-refractivity contribution >= 4 is 21.8 Å². The van der Waals surface area contributed by atoms with Crippen LogP contribution in [0.5, 0.6) is 0 Å². The van der Waals surface area contributed by atoms with Crippen molar-refractivity contribution in [1.82, 2.24) is 13.9 Å². The fourth-order valence-corrected chi connectivity index (χ4v) is 4.53. The number of hydrogen-bond donors (Lipinski definition) is 2. The first-order valence-corrected chi connectivity index (χ1v) is 10.5. The van der Waals surface area contributed by atoms with Crippen molar-refractivity contribution < 1.29 is 13.5 Å². The van der Waals surface area contributed by atoms with Crippen LogP contribution < -0.4 is 4.72 Å². The summed E-state index contributed by atoms with van der Waals surface area (Å²) in [5.41, 5.74) is 0.838. The van der Waals surface area contributed by atoms with Gasteiger partial charge in [-0.15, -0.1) is 0 Å². The molecule has 6 nitrogen and oxygen atoms in total. The van der Waals surface area contributed by atoms with E-state index in [1.54, 1.807) is 24.3 Å². The highest BCUT2D eigenvalue weighted by atomic mass is 35.5. The topological polar surface area (TPSA) is 72.9 Å². The first-order valence-electron chi connectivity index (χ1n) is 8.72. The van der Waals surface area contributed by atoms with E-state index in [9.17, 15) is 13.5 Å². The average Bonchev–Trinajstić information content (AvgIpc) is 2.99.